The monoisotopic (exact) mass is 172 g/mol. The van der Waals surface area contributed by atoms with Gasteiger partial charge in [0.05, 0.1) is 0 Å². The quantitative estimate of drug-likeness (QED) is 0.381. The summed E-state index contributed by atoms with van der Waals surface area (Å²) in [6.45, 7) is 0. The van der Waals surface area contributed by atoms with Crippen LogP contribution in [0.25, 0.3) is 0 Å². The Balaban J connectivity index is -0.0000000267. The van der Waals surface area contributed by atoms with Gasteiger partial charge in [-0.05, 0) is 0 Å². The van der Waals surface area contributed by atoms with Crippen LogP contribution in [0, 0.1) is 0 Å². The summed E-state index contributed by atoms with van der Waals surface area (Å²) in [6.07, 6.45) is 0. The van der Waals surface area contributed by atoms with E-state index in [9.17, 15) is 0 Å². The van der Waals surface area contributed by atoms with Gasteiger partial charge in [0.2, 0.25) is 0 Å². The molecule has 8 N–H and O–H groups in total. The van der Waals surface area contributed by atoms with Crippen molar-refractivity contribution in [2.45, 2.75) is 0 Å². The van der Waals surface area contributed by atoms with Crippen LogP contribution in [0.15, 0.2) is 0 Å². The molecule has 0 unspecified atom stereocenters. The molecule has 0 saturated carbocycles. The molecular formula is H8CrO7. The molecule has 0 aliphatic heterocycles. The topological polar surface area (TPSA) is 169 Å². The zero-order valence-corrected chi connectivity index (χ0v) is 4.89. The molecule has 8 heteroatoms. The van der Waals surface area contributed by atoms with Crippen molar-refractivity contribution in [3.8, 4) is 0 Å². The van der Waals surface area contributed by atoms with Crippen LogP contribution in [0.5, 0.6) is 0 Å². The molecule has 0 heterocycles. The molecule has 0 aliphatic carbocycles. The molecule has 56 valence electrons. The van der Waals surface area contributed by atoms with E-state index in [-0.39, 0.29) is 16.4 Å². The average Bonchev–Trinajstić information content (AvgIpc) is 0.722. The Bertz CT molecular complexity index is 87.6. The SMILES string of the molecule is O.O.O.[O]=[Cr](=[O])([OH])[OH]. The van der Waals surface area contributed by atoms with Crippen LogP contribution in [0.3, 0.4) is 0 Å². The molecule has 0 radical (unpaired) electrons. The fraction of sp³-hybridized carbons (Fsp3) is 0. The van der Waals surface area contributed by atoms with Crippen LogP contribution in [0.1, 0.15) is 0 Å². The van der Waals surface area contributed by atoms with E-state index >= 15 is 0 Å². The second kappa shape index (κ2) is 6.93. The van der Waals surface area contributed by atoms with Crippen molar-refractivity contribution in [1.82, 2.24) is 0 Å². The molecule has 0 aromatic heterocycles. The van der Waals surface area contributed by atoms with Gasteiger partial charge in [-0.1, -0.05) is 0 Å². The van der Waals surface area contributed by atoms with Gasteiger partial charge in [-0.3, -0.25) is 0 Å². The second-order valence-electron chi connectivity index (χ2n) is 0.448. The number of rotatable bonds is 0. The normalized spacial score (nSPS) is 7.25. The fourth-order valence-electron chi connectivity index (χ4n) is 0. The Kier molecular flexibility index (Phi) is 21.4. The average molecular weight is 172 g/mol. The van der Waals surface area contributed by atoms with Gasteiger partial charge in [-0.15, -0.1) is 0 Å². The molecule has 0 bridgehead atoms. The third-order valence-corrected chi connectivity index (χ3v) is 0. The summed E-state index contributed by atoms with van der Waals surface area (Å²) in [7, 11) is 0. The molecule has 0 atom stereocenters. The Morgan fingerprint density at radius 1 is 0.875 bits per heavy atom. The summed E-state index contributed by atoms with van der Waals surface area (Å²) < 4.78 is 31.9. The summed E-state index contributed by atoms with van der Waals surface area (Å²) in [4.78, 5) is 0. The van der Waals surface area contributed by atoms with Gasteiger partial charge < -0.3 is 16.4 Å². The van der Waals surface area contributed by atoms with E-state index in [1.165, 1.54) is 0 Å². The zero-order valence-electron chi connectivity index (χ0n) is 3.62. The van der Waals surface area contributed by atoms with E-state index in [1.54, 1.807) is 0 Å². The molecule has 0 aliphatic rings. The molecule has 0 spiro atoms. The van der Waals surface area contributed by atoms with E-state index in [1.807, 2.05) is 0 Å². The van der Waals surface area contributed by atoms with Gasteiger partial charge in [0.15, 0.2) is 0 Å². The van der Waals surface area contributed by atoms with Gasteiger partial charge >= 0.3 is 29.5 Å². The third-order valence-electron chi connectivity index (χ3n) is 0. The van der Waals surface area contributed by atoms with E-state index in [0.29, 0.717) is 0 Å². The standard InChI is InChI=1S/Cr.5H2O.2O/h;5*1H2;;/q+2;;;;;;;/p-2. The molecule has 0 aromatic rings. The Morgan fingerprint density at radius 3 is 0.875 bits per heavy atom. The van der Waals surface area contributed by atoms with Crippen LogP contribution in [-0.2, 0) is 21.2 Å². The molecular weight excluding hydrogens is 164 g/mol. The first-order chi connectivity index (χ1) is 2.00. The minimum atomic E-state index is -5.25. The van der Waals surface area contributed by atoms with Crippen molar-refractivity contribution in [1.29, 1.82) is 0 Å². The van der Waals surface area contributed by atoms with Crippen LogP contribution >= 0.6 is 0 Å². The van der Waals surface area contributed by atoms with Gasteiger partial charge in [-0.25, -0.2) is 0 Å². The van der Waals surface area contributed by atoms with Gasteiger partial charge in [0.25, 0.3) is 0 Å². The molecule has 7 nitrogen and oxygen atoms in total. The first-order valence-electron chi connectivity index (χ1n) is 0.698. The first-order valence-corrected chi connectivity index (χ1v) is 2.88. The van der Waals surface area contributed by atoms with E-state index in [4.69, 9.17) is 15.9 Å². The summed E-state index contributed by atoms with van der Waals surface area (Å²) in [6, 6.07) is 0. The summed E-state index contributed by atoms with van der Waals surface area (Å²) in [5.74, 6) is 0. The van der Waals surface area contributed by atoms with E-state index in [2.05, 4.69) is 0 Å². The molecule has 0 rings (SSSR count). The molecule has 0 amide bonds. The summed E-state index contributed by atoms with van der Waals surface area (Å²) >= 11 is -5.25. The van der Waals surface area contributed by atoms with E-state index < -0.39 is 13.6 Å². The van der Waals surface area contributed by atoms with Crippen molar-refractivity contribution in [2.75, 3.05) is 0 Å². The molecule has 0 saturated heterocycles. The Labute approximate surface area is 46.9 Å². The predicted molar refractivity (Wildman–Crippen MR) is 16.7 cm³/mol. The van der Waals surface area contributed by atoms with Crippen LogP contribution < -0.4 is 0 Å². The Hall–Kier alpha value is -0.0675. The summed E-state index contributed by atoms with van der Waals surface area (Å²) in [5, 5.41) is 0. The predicted octanol–water partition coefficient (Wildman–Crippen LogP) is -3.83. The maximum atomic E-state index is 8.82. The third kappa shape index (κ3) is 31600. The maximum absolute atomic E-state index is 8.82. The molecule has 8 heavy (non-hydrogen) atoms. The fourth-order valence-corrected chi connectivity index (χ4v) is 0. The zero-order chi connectivity index (χ0) is 4.50. The van der Waals surface area contributed by atoms with Gasteiger partial charge in [-0.2, -0.15) is 0 Å². The number of hydrogen-bond acceptors (Lipinski definition) is 2. The Morgan fingerprint density at radius 2 is 0.875 bits per heavy atom. The van der Waals surface area contributed by atoms with Crippen LogP contribution in [0.2, 0.25) is 0 Å². The number of hydrogen-bond donors (Lipinski definition) is 2. The van der Waals surface area contributed by atoms with Crippen molar-refractivity contribution < 1.29 is 46.0 Å². The molecule has 0 aromatic carbocycles. The van der Waals surface area contributed by atoms with Crippen molar-refractivity contribution in [2.24, 2.45) is 0 Å². The first kappa shape index (κ1) is 24.7. The van der Waals surface area contributed by atoms with Gasteiger partial charge in [0.1, 0.15) is 0 Å². The molecule has 0 fully saturated rings. The second-order valence-corrected chi connectivity index (χ2v) is 1.85. The van der Waals surface area contributed by atoms with Crippen LogP contribution in [0.4, 0.5) is 0 Å². The van der Waals surface area contributed by atoms with Crippen LogP contribution in [-0.4, -0.2) is 24.7 Å². The van der Waals surface area contributed by atoms with Crippen molar-refractivity contribution in [3.63, 3.8) is 0 Å². The summed E-state index contributed by atoms with van der Waals surface area (Å²) in [5.41, 5.74) is 0. The van der Waals surface area contributed by atoms with E-state index in [0.717, 1.165) is 0 Å². The van der Waals surface area contributed by atoms with Crippen molar-refractivity contribution in [3.05, 3.63) is 0 Å². The van der Waals surface area contributed by atoms with Gasteiger partial charge in [0, 0.05) is 0 Å². The van der Waals surface area contributed by atoms with Crippen molar-refractivity contribution >= 4 is 0 Å². The minimum absolute atomic E-state index is 0.